The lowest BCUT2D eigenvalue weighted by Crippen LogP contribution is -2.04. The van der Waals surface area contributed by atoms with Crippen LogP contribution >= 0.6 is 7.26 Å². The topological polar surface area (TPSA) is 0 Å². The van der Waals surface area contributed by atoms with Crippen LogP contribution in [-0.2, 0) is 0 Å². The summed E-state index contributed by atoms with van der Waals surface area (Å²) in [5, 5.41) is 0. The minimum absolute atomic E-state index is 0.201. The summed E-state index contributed by atoms with van der Waals surface area (Å²) in [5.74, 6) is 0. The molecular formula is C8H20P+. The summed E-state index contributed by atoms with van der Waals surface area (Å²) >= 11 is 0. The molecule has 0 radical (unpaired) electrons. The second-order valence-electron chi connectivity index (χ2n) is 2.43. The third kappa shape index (κ3) is 2.26. The zero-order valence-electron chi connectivity index (χ0n) is 8.15. The number of hydrogen-bond donors (Lipinski definition) is 0. The van der Waals surface area contributed by atoms with Crippen LogP contribution in [0, 0.1) is 0 Å². The van der Waals surface area contributed by atoms with Crippen LogP contribution in [0.3, 0.4) is 0 Å². The Hall–Kier alpha value is 0.430. The minimum Gasteiger partial charge on any atom is -0.0311 e. The maximum atomic E-state index is 7.73. The highest BCUT2D eigenvalue weighted by Gasteiger charge is 2.27. The highest BCUT2D eigenvalue weighted by Crippen LogP contribution is 2.57. The van der Waals surface area contributed by atoms with E-state index in [0.29, 0.717) is 0 Å². The van der Waals surface area contributed by atoms with Crippen molar-refractivity contribution >= 4 is 7.26 Å². The molecule has 9 heavy (non-hydrogen) atoms. The lowest BCUT2D eigenvalue weighted by Gasteiger charge is -2.20. The molecule has 1 heteroatoms. The Morgan fingerprint density at radius 3 is 1.33 bits per heavy atom. The van der Waals surface area contributed by atoms with Gasteiger partial charge in [-0.3, -0.25) is 0 Å². The first-order valence-electron chi connectivity index (χ1n) is 4.48. The van der Waals surface area contributed by atoms with E-state index in [2.05, 4.69) is 27.7 Å². The Balaban J connectivity index is 4.15. The molecule has 0 aromatic heterocycles. The Kier molecular flexibility index (Phi) is 3.58. The van der Waals surface area contributed by atoms with Crippen LogP contribution in [0.4, 0.5) is 0 Å². The summed E-state index contributed by atoms with van der Waals surface area (Å²) in [6.07, 6.45) is 3.97. The second-order valence-corrected chi connectivity index (χ2v) is 7.28. The molecule has 1 unspecified atom stereocenters. The molecule has 0 aliphatic carbocycles. The van der Waals surface area contributed by atoms with Crippen LogP contribution in [0.15, 0.2) is 0 Å². The SMILES string of the molecule is [2H]C(C)[P+](CC)(CC)CC. The number of hydrogen-bond acceptors (Lipinski definition) is 0. The van der Waals surface area contributed by atoms with Crippen molar-refractivity contribution in [3.8, 4) is 0 Å². The van der Waals surface area contributed by atoms with E-state index in [1.165, 1.54) is 18.5 Å². The van der Waals surface area contributed by atoms with Crippen molar-refractivity contribution in [2.45, 2.75) is 27.7 Å². The highest BCUT2D eigenvalue weighted by molar-refractivity contribution is 7.75. The van der Waals surface area contributed by atoms with Crippen LogP contribution in [-0.4, -0.2) is 24.6 Å². The van der Waals surface area contributed by atoms with Crippen LogP contribution in [0.2, 0.25) is 0 Å². The van der Waals surface area contributed by atoms with E-state index in [1.54, 1.807) is 0 Å². The first kappa shape index (κ1) is 7.54. The third-order valence-corrected chi connectivity index (χ3v) is 7.31. The van der Waals surface area contributed by atoms with Crippen LogP contribution < -0.4 is 0 Å². The fraction of sp³-hybridized carbons (Fsp3) is 1.00. The van der Waals surface area contributed by atoms with Gasteiger partial charge in [0.2, 0.25) is 0 Å². The third-order valence-electron chi connectivity index (χ3n) is 2.44. The molecule has 0 aliphatic heterocycles. The van der Waals surface area contributed by atoms with Crippen molar-refractivity contribution in [1.29, 1.82) is 0 Å². The molecule has 0 amide bonds. The van der Waals surface area contributed by atoms with E-state index in [4.69, 9.17) is 1.37 Å². The maximum absolute atomic E-state index is 7.73. The molecule has 0 saturated carbocycles. The Labute approximate surface area is 61.8 Å². The van der Waals surface area contributed by atoms with Gasteiger partial charge in [0.25, 0.3) is 0 Å². The van der Waals surface area contributed by atoms with Crippen molar-refractivity contribution in [3.05, 3.63) is 0 Å². The Morgan fingerprint density at radius 1 is 1.00 bits per heavy atom. The fourth-order valence-corrected chi connectivity index (χ4v) is 3.66. The van der Waals surface area contributed by atoms with Gasteiger partial charge < -0.3 is 0 Å². The summed E-state index contributed by atoms with van der Waals surface area (Å²) in [4.78, 5) is 0. The quantitative estimate of drug-likeness (QED) is 0.537. The summed E-state index contributed by atoms with van der Waals surface area (Å²) < 4.78 is 7.73. The predicted octanol–water partition coefficient (Wildman–Crippen LogP) is 3.08. The number of rotatable bonds is 4. The molecular weight excluding hydrogens is 127 g/mol. The van der Waals surface area contributed by atoms with Gasteiger partial charge in [0.1, 0.15) is 0 Å². The van der Waals surface area contributed by atoms with E-state index in [9.17, 15) is 0 Å². The largest absolute Gasteiger partial charge is 0.0705 e. The van der Waals surface area contributed by atoms with Gasteiger partial charge in [0.05, 0.1) is 26.0 Å². The predicted molar refractivity (Wildman–Crippen MR) is 49.1 cm³/mol. The van der Waals surface area contributed by atoms with E-state index >= 15 is 0 Å². The zero-order valence-corrected chi connectivity index (χ0v) is 8.04. The van der Waals surface area contributed by atoms with Crippen molar-refractivity contribution < 1.29 is 1.37 Å². The molecule has 0 saturated heterocycles. The summed E-state index contributed by atoms with van der Waals surface area (Å²) in [7, 11) is -0.844. The Morgan fingerprint density at radius 2 is 1.33 bits per heavy atom. The van der Waals surface area contributed by atoms with E-state index in [1.807, 2.05) is 0 Å². The van der Waals surface area contributed by atoms with Gasteiger partial charge in [0.15, 0.2) is 0 Å². The van der Waals surface area contributed by atoms with Gasteiger partial charge in [-0.15, -0.1) is 0 Å². The summed E-state index contributed by atoms with van der Waals surface area (Å²) in [6.45, 7) is 8.79. The molecule has 0 bridgehead atoms. The second kappa shape index (κ2) is 4.28. The lowest BCUT2D eigenvalue weighted by molar-refractivity contribution is 1.25. The molecule has 0 aromatic carbocycles. The van der Waals surface area contributed by atoms with Crippen LogP contribution in [0.5, 0.6) is 0 Å². The van der Waals surface area contributed by atoms with Gasteiger partial charge >= 0.3 is 0 Å². The highest BCUT2D eigenvalue weighted by atomic mass is 31.2. The van der Waals surface area contributed by atoms with Gasteiger partial charge in [-0.2, -0.15) is 0 Å². The lowest BCUT2D eigenvalue weighted by atomic mass is 10.9. The van der Waals surface area contributed by atoms with Crippen molar-refractivity contribution in [3.63, 3.8) is 0 Å². The average molecular weight is 148 g/mol. The van der Waals surface area contributed by atoms with E-state index < -0.39 is 7.26 Å². The smallest absolute Gasteiger partial charge is 0.0311 e. The molecule has 0 aliphatic rings. The van der Waals surface area contributed by atoms with Gasteiger partial charge in [0, 0.05) is 7.26 Å². The van der Waals surface area contributed by atoms with E-state index in [0.717, 1.165) is 0 Å². The normalized spacial score (nSPS) is 17.1. The van der Waals surface area contributed by atoms with Crippen molar-refractivity contribution in [1.82, 2.24) is 0 Å². The molecule has 0 rings (SSSR count). The Bertz CT molecular complexity index is 79.0. The molecule has 0 spiro atoms. The molecule has 0 N–H and O–H groups in total. The first-order chi connectivity index (χ1) is 4.63. The van der Waals surface area contributed by atoms with Gasteiger partial charge in [-0.25, -0.2) is 0 Å². The fourth-order valence-electron chi connectivity index (χ4n) is 1.22. The van der Waals surface area contributed by atoms with Crippen molar-refractivity contribution in [2.75, 3.05) is 24.6 Å². The molecule has 0 nitrogen and oxygen atoms in total. The average Bonchev–Trinajstić information content (AvgIpc) is 1.92. The molecule has 1 atom stereocenters. The van der Waals surface area contributed by atoms with Gasteiger partial charge in [-0.05, 0) is 27.7 Å². The van der Waals surface area contributed by atoms with Crippen molar-refractivity contribution in [2.24, 2.45) is 0 Å². The van der Waals surface area contributed by atoms with E-state index in [-0.39, 0.29) is 6.14 Å². The standard InChI is InChI=1S/C8H20P/c1-5-9(6-2,7-3)8-4/h5-8H2,1-4H3/q+1/i5D. The minimum atomic E-state index is -0.844. The monoisotopic (exact) mass is 148 g/mol. The molecule has 56 valence electrons. The first-order valence-corrected chi connectivity index (χ1v) is 6.32. The summed E-state index contributed by atoms with van der Waals surface area (Å²) in [5.41, 5.74) is 0. The zero-order chi connectivity index (χ0) is 8.20. The maximum Gasteiger partial charge on any atom is 0.0705 e. The van der Waals surface area contributed by atoms with Crippen LogP contribution in [0.1, 0.15) is 29.1 Å². The molecule has 0 fully saturated rings. The summed E-state index contributed by atoms with van der Waals surface area (Å²) in [6, 6.07) is 0. The van der Waals surface area contributed by atoms with Gasteiger partial charge in [-0.1, -0.05) is 0 Å². The molecule has 0 aromatic rings. The molecule has 0 heterocycles. The van der Waals surface area contributed by atoms with Crippen LogP contribution in [0.25, 0.3) is 0 Å².